The van der Waals surface area contributed by atoms with Gasteiger partial charge in [0.25, 0.3) is 0 Å². The third-order valence-electron chi connectivity index (χ3n) is 3.93. The molecule has 1 aromatic carbocycles. The van der Waals surface area contributed by atoms with E-state index in [9.17, 15) is 4.39 Å². The first kappa shape index (κ1) is 17.0. The van der Waals surface area contributed by atoms with E-state index >= 15 is 0 Å². The zero-order valence-electron chi connectivity index (χ0n) is 13.6. The Kier molecular flexibility index (Phi) is 6.46. The molecule has 124 valence electrons. The van der Waals surface area contributed by atoms with Crippen LogP contribution in [0.15, 0.2) is 18.2 Å². The Morgan fingerprint density at radius 2 is 1.95 bits per heavy atom. The monoisotopic (exact) mass is 309 g/mol. The second-order valence-electron chi connectivity index (χ2n) is 6.10. The molecule has 4 nitrogen and oxygen atoms in total. The molecule has 1 aromatic rings. The number of anilines is 2. The Morgan fingerprint density at radius 1 is 1.23 bits per heavy atom. The van der Waals surface area contributed by atoms with Gasteiger partial charge in [0.05, 0.1) is 17.9 Å². The number of nitrogens with zero attached hydrogens (tertiary/aromatic N) is 1. The van der Waals surface area contributed by atoms with Gasteiger partial charge in [-0.2, -0.15) is 0 Å². The minimum Gasteiger partial charge on any atom is -0.383 e. The number of ether oxygens (including phenoxy) is 1. The van der Waals surface area contributed by atoms with Crippen LogP contribution in [-0.2, 0) is 4.74 Å². The van der Waals surface area contributed by atoms with Crippen LogP contribution in [0.4, 0.5) is 15.8 Å². The highest BCUT2D eigenvalue weighted by Gasteiger charge is 2.22. The van der Waals surface area contributed by atoms with Gasteiger partial charge in [0, 0.05) is 25.3 Å². The Bertz CT molecular complexity index is 459. The largest absolute Gasteiger partial charge is 0.383 e. The number of hydrogen-bond donors (Lipinski definition) is 2. The predicted octanol–water partition coefficient (Wildman–Crippen LogP) is 2.98. The van der Waals surface area contributed by atoms with Crippen LogP contribution in [0.1, 0.15) is 33.1 Å². The summed E-state index contributed by atoms with van der Waals surface area (Å²) in [6.07, 6.45) is 3.46. The van der Waals surface area contributed by atoms with Gasteiger partial charge in [-0.05, 0) is 51.4 Å². The predicted molar refractivity (Wildman–Crippen MR) is 90.0 cm³/mol. The maximum Gasteiger partial charge on any atom is 0.148 e. The van der Waals surface area contributed by atoms with Gasteiger partial charge >= 0.3 is 0 Å². The molecule has 5 heteroatoms. The van der Waals surface area contributed by atoms with Crippen LogP contribution >= 0.6 is 0 Å². The molecule has 2 atom stereocenters. The van der Waals surface area contributed by atoms with Crippen molar-refractivity contribution in [3.05, 3.63) is 24.0 Å². The van der Waals surface area contributed by atoms with Crippen molar-refractivity contribution in [1.29, 1.82) is 0 Å². The first-order valence-corrected chi connectivity index (χ1v) is 8.24. The highest BCUT2D eigenvalue weighted by atomic mass is 19.1. The quantitative estimate of drug-likeness (QED) is 0.760. The molecule has 1 heterocycles. The van der Waals surface area contributed by atoms with Crippen LogP contribution in [0, 0.1) is 5.82 Å². The zero-order valence-corrected chi connectivity index (χ0v) is 13.6. The summed E-state index contributed by atoms with van der Waals surface area (Å²) in [4.78, 5) is 2.19. The average molecular weight is 309 g/mol. The third kappa shape index (κ3) is 4.85. The summed E-state index contributed by atoms with van der Waals surface area (Å²) in [6, 6.07) is 5.43. The maximum absolute atomic E-state index is 14.2. The molecule has 2 unspecified atom stereocenters. The van der Waals surface area contributed by atoms with Gasteiger partial charge < -0.3 is 20.7 Å². The van der Waals surface area contributed by atoms with Crippen molar-refractivity contribution >= 4 is 11.4 Å². The van der Waals surface area contributed by atoms with Gasteiger partial charge in [-0.3, -0.25) is 0 Å². The van der Waals surface area contributed by atoms with Crippen LogP contribution in [-0.4, -0.2) is 38.4 Å². The van der Waals surface area contributed by atoms with Crippen LogP contribution in [0.5, 0.6) is 0 Å². The van der Waals surface area contributed by atoms with Crippen LogP contribution < -0.4 is 16.0 Å². The SMILES string of the molecule is CC1CN(c2ccc(NCCCCCN)c(F)c2)CC(C)O1. The fourth-order valence-corrected chi connectivity index (χ4v) is 2.90. The minimum absolute atomic E-state index is 0.173. The Hall–Kier alpha value is -1.33. The van der Waals surface area contributed by atoms with E-state index in [1.54, 1.807) is 6.07 Å². The van der Waals surface area contributed by atoms with Crippen molar-refractivity contribution < 1.29 is 9.13 Å². The molecule has 0 spiro atoms. The molecular weight excluding hydrogens is 281 g/mol. The molecule has 0 aromatic heterocycles. The number of nitrogens with two attached hydrogens (primary N) is 1. The number of hydrogen-bond acceptors (Lipinski definition) is 4. The highest BCUT2D eigenvalue weighted by molar-refractivity contribution is 5.56. The lowest BCUT2D eigenvalue weighted by Crippen LogP contribution is -2.45. The fraction of sp³-hybridized carbons (Fsp3) is 0.647. The number of benzene rings is 1. The van der Waals surface area contributed by atoms with Gasteiger partial charge in [-0.15, -0.1) is 0 Å². The lowest BCUT2D eigenvalue weighted by molar-refractivity contribution is -0.00523. The second kappa shape index (κ2) is 8.34. The van der Waals surface area contributed by atoms with E-state index in [1.165, 1.54) is 0 Å². The molecule has 0 amide bonds. The lowest BCUT2D eigenvalue weighted by atomic mass is 10.2. The molecular formula is C17H28FN3O. The molecule has 0 saturated carbocycles. The molecule has 22 heavy (non-hydrogen) atoms. The number of morpholine rings is 1. The number of rotatable bonds is 7. The number of nitrogens with one attached hydrogen (secondary N) is 1. The van der Waals surface area contributed by atoms with Crippen molar-refractivity contribution in [2.24, 2.45) is 5.73 Å². The summed E-state index contributed by atoms with van der Waals surface area (Å²) in [6.45, 7) is 7.21. The van der Waals surface area contributed by atoms with Gasteiger partial charge in [0.2, 0.25) is 0 Å². The van der Waals surface area contributed by atoms with E-state index in [1.807, 2.05) is 12.1 Å². The van der Waals surface area contributed by atoms with Crippen LogP contribution in [0.25, 0.3) is 0 Å². The average Bonchev–Trinajstić information content (AvgIpc) is 2.47. The standard InChI is InChI=1S/C17H28FN3O/c1-13-11-21(12-14(2)22-13)15-6-7-17(16(18)10-15)20-9-5-3-4-8-19/h6-7,10,13-14,20H,3-5,8-9,11-12,19H2,1-2H3. The Morgan fingerprint density at radius 3 is 2.59 bits per heavy atom. The minimum atomic E-state index is -0.192. The van der Waals surface area contributed by atoms with E-state index < -0.39 is 0 Å². The van der Waals surface area contributed by atoms with E-state index in [4.69, 9.17) is 10.5 Å². The van der Waals surface area contributed by atoms with Crippen molar-refractivity contribution in [2.75, 3.05) is 36.4 Å². The fourth-order valence-electron chi connectivity index (χ4n) is 2.90. The zero-order chi connectivity index (χ0) is 15.9. The van der Waals surface area contributed by atoms with Crippen molar-refractivity contribution in [1.82, 2.24) is 0 Å². The molecule has 0 bridgehead atoms. The highest BCUT2D eigenvalue weighted by Crippen LogP contribution is 2.25. The van der Waals surface area contributed by atoms with Gasteiger partial charge in [-0.1, -0.05) is 6.42 Å². The molecule has 0 aliphatic carbocycles. The van der Waals surface area contributed by atoms with Crippen molar-refractivity contribution in [2.45, 2.75) is 45.3 Å². The molecule has 1 aliphatic heterocycles. The van der Waals surface area contributed by atoms with Gasteiger partial charge in [-0.25, -0.2) is 4.39 Å². The molecule has 3 N–H and O–H groups in total. The molecule has 1 saturated heterocycles. The maximum atomic E-state index is 14.2. The number of halogens is 1. The van der Waals surface area contributed by atoms with Crippen molar-refractivity contribution in [3.63, 3.8) is 0 Å². The van der Waals surface area contributed by atoms with E-state index in [-0.39, 0.29) is 18.0 Å². The molecule has 1 aliphatic rings. The van der Waals surface area contributed by atoms with Gasteiger partial charge in [0.15, 0.2) is 0 Å². The Labute approximate surface area is 132 Å². The molecule has 1 fully saturated rings. The first-order chi connectivity index (χ1) is 10.6. The van der Waals surface area contributed by atoms with E-state index in [0.717, 1.165) is 51.1 Å². The van der Waals surface area contributed by atoms with Crippen molar-refractivity contribution in [3.8, 4) is 0 Å². The van der Waals surface area contributed by atoms with Crippen LogP contribution in [0.3, 0.4) is 0 Å². The first-order valence-electron chi connectivity index (χ1n) is 8.24. The van der Waals surface area contributed by atoms with Crippen LogP contribution in [0.2, 0.25) is 0 Å². The summed E-state index contributed by atoms with van der Waals surface area (Å²) >= 11 is 0. The van der Waals surface area contributed by atoms with E-state index in [2.05, 4.69) is 24.1 Å². The number of unbranched alkanes of at least 4 members (excludes halogenated alkanes) is 2. The summed E-state index contributed by atoms with van der Waals surface area (Å²) < 4.78 is 20.0. The second-order valence-corrected chi connectivity index (χ2v) is 6.10. The molecule has 2 rings (SSSR count). The topological polar surface area (TPSA) is 50.5 Å². The summed E-state index contributed by atoms with van der Waals surface area (Å²) in [5.41, 5.74) is 6.96. The third-order valence-corrected chi connectivity index (χ3v) is 3.93. The smallest absolute Gasteiger partial charge is 0.148 e. The summed E-state index contributed by atoms with van der Waals surface area (Å²) in [5.74, 6) is -0.192. The van der Waals surface area contributed by atoms with E-state index in [0.29, 0.717) is 5.69 Å². The molecule has 0 radical (unpaired) electrons. The summed E-state index contributed by atoms with van der Waals surface area (Å²) in [5, 5.41) is 3.16. The summed E-state index contributed by atoms with van der Waals surface area (Å²) in [7, 11) is 0. The lowest BCUT2D eigenvalue weighted by Gasteiger charge is -2.37. The Balaban J connectivity index is 1.91. The normalized spacial score (nSPS) is 21.9. The van der Waals surface area contributed by atoms with Gasteiger partial charge in [0.1, 0.15) is 5.82 Å².